The van der Waals surface area contributed by atoms with Gasteiger partial charge in [-0.2, -0.15) is 0 Å². The van der Waals surface area contributed by atoms with E-state index in [0.717, 1.165) is 67.3 Å². The summed E-state index contributed by atoms with van der Waals surface area (Å²) in [5.74, 6) is 2.04. The van der Waals surface area contributed by atoms with E-state index in [1.165, 1.54) is 24.3 Å². The molecule has 1 aliphatic rings. The van der Waals surface area contributed by atoms with E-state index in [-0.39, 0.29) is 17.6 Å². The molecule has 0 radical (unpaired) electrons. The molecule has 0 saturated heterocycles. The summed E-state index contributed by atoms with van der Waals surface area (Å²) in [6, 6.07) is 20.9. The van der Waals surface area contributed by atoms with Crippen LogP contribution in [0.4, 0.5) is 8.78 Å². The highest BCUT2D eigenvalue weighted by atomic mass is 19.1. The molecular formula is C28H29F2NO2. The summed E-state index contributed by atoms with van der Waals surface area (Å²) >= 11 is 0. The smallest absolute Gasteiger partial charge is 0.168 e. The zero-order valence-corrected chi connectivity index (χ0v) is 18.8. The first kappa shape index (κ1) is 23.0. The van der Waals surface area contributed by atoms with Crippen molar-refractivity contribution < 1.29 is 18.3 Å². The number of halogens is 2. The molecule has 33 heavy (non-hydrogen) atoms. The molecule has 0 saturated carbocycles. The monoisotopic (exact) mass is 449 g/mol. The molecule has 3 aromatic rings. The Morgan fingerprint density at radius 3 is 2.00 bits per heavy atom. The van der Waals surface area contributed by atoms with Crippen LogP contribution in [0.5, 0.6) is 11.5 Å². The van der Waals surface area contributed by atoms with E-state index in [0.29, 0.717) is 0 Å². The molecule has 0 bridgehead atoms. The third-order valence-corrected chi connectivity index (χ3v) is 6.07. The number of para-hydroxylation sites is 2. The summed E-state index contributed by atoms with van der Waals surface area (Å²) in [6.07, 6.45) is 4.86. The number of methoxy groups -OCH3 is 1. The van der Waals surface area contributed by atoms with E-state index in [9.17, 15) is 8.78 Å². The Labute approximate surface area is 194 Å². The van der Waals surface area contributed by atoms with E-state index in [4.69, 9.17) is 9.47 Å². The number of benzene rings is 3. The maximum absolute atomic E-state index is 13.4. The SMILES string of the molecule is COc1ccccc1OC1=CCN(CCCC(c2ccc(F)cc2)c2ccc(F)cc2)CC1. The second kappa shape index (κ2) is 11.1. The van der Waals surface area contributed by atoms with Crippen molar-refractivity contribution in [1.82, 2.24) is 4.90 Å². The Bertz CT molecular complexity index is 1020. The summed E-state index contributed by atoms with van der Waals surface area (Å²) < 4.78 is 38.3. The lowest BCUT2D eigenvalue weighted by Crippen LogP contribution is -2.30. The Hall–Kier alpha value is -3.18. The molecule has 0 atom stereocenters. The van der Waals surface area contributed by atoms with Crippen LogP contribution < -0.4 is 9.47 Å². The third-order valence-electron chi connectivity index (χ3n) is 6.07. The highest BCUT2D eigenvalue weighted by molar-refractivity contribution is 5.40. The lowest BCUT2D eigenvalue weighted by atomic mass is 9.87. The molecule has 0 amide bonds. The van der Waals surface area contributed by atoms with Gasteiger partial charge in [-0.15, -0.1) is 0 Å². The van der Waals surface area contributed by atoms with Gasteiger partial charge in [0.1, 0.15) is 17.4 Å². The van der Waals surface area contributed by atoms with Gasteiger partial charge in [-0.05, 0) is 73.0 Å². The third kappa shape index (κ3) is 6.20. The topological polar surface area (TPSA) is 21.7 Å². The first-order valence-electron chi connectivity index (χ1n) is 11.4. The van der Waals surface area contributed by atoms with E-state index in [1.807, 2.05) is 48.5 Å². The molecule has 0 fully saturated rings. The minimum atomic E-state index is -0.247. The molecule has 4 rings (SSSR count). The second-order valence-electron chi connectivity index (χ2n) is 8.27. The molecule has 172 valence electrons. The molecule has 1 heterocycles. The Kier molecular flexibility index (Phi) is 7.74. The molecule has 3 nitrogen and oxygen atoms in total. The fourth-order valence-electron chi connectivity index (χ4n) is 4.27. The normalized spacial score (nSPS) is 14.2. The fraction of sp³-hybridized carbons (Fsp3) is 0.286. The van der Waals surface area contributed by atoms with Crippen molar-refractivity contribution in [1.29, 1.82) is 0 Å². The molecular weight excluding hydrogens is 420 g/mol. The van der Waals surface area contributed by atoms with Crippen LogP contribution in [0.3, 0.4) is 0 Å². The molecule has 0 aliphatic carbocycles. The van der Waals surface area contributed by atoms with Crippen LogP contribution in [0.1, 0.15) is 36.3 Å². The van der Waals surface area contributed by atoms with Crippen molar-refractivity contribution in [3.8, 4) is 11.5 Å². The van der Waals surface area contributed by atoms with E-state index in [2.05, 4.69) is 11.0 Å². The maximum Gasteiger partial charge on any atom is 0.168 e. The molecule has 0 aromatic heterocycles. The van der Waals surface area contributed by atoms with Crippen LogP contribution in [0.2, 0.25) is 0 Å². The van der Waals surface area contributed by atoms with Gasteiger partial charge in [0.25, 0.3) is 0 Å². The van der Waals surface area contributed by atoms with Crippen molar-refractivity contribution in [3.63, 3.8) is 0 Å². The van der Waals surface area contributed by atoms with Gasteiger partial charge in [-0.3, -0.25) is 4.90 Å². The van der Waals surface area contributed by atoms with E-state index >= 15 is 0 Å². The first-order chi connectivity index (χ1) is 16.1. The number of rotatable bonds is 9. The second-order valence-corrected chi connectivity index (χ2v) is 8.27. The highest BCUT2D eigenvalue weighted by Crippen LogP contribution is 2.31. The average Bonchev–Trinajstić information content (AvgIpc) is 2.85. The van der Waals surface area contributed by atoms with Gasteiger partial charge in [-0.25, -0.2) is 8.78 Å². The van der Waals surface area contributed by atoms with Gasteiger partial charge >= 0.3 is 0 Å². The van der Waals surface area contributed by atoms with Crippen molar-refractivity contribution in [2.75, 3.05) is 26.7 Å². The fourth-order valence-corrected chi connectivity index (χ4v) is 4.27. The quantitative estimate of drug-likeness (QED) is 0.370. The minimum Gasteiger partial charge on any atom is -0.493 e. The lowest BCUT2D eigenvalue weighted by Gasteiger charge is -2.27. The van der Waals surface area contributed by atoms with Crippen LogP contribution >= 0.6 is 0 Å². The zero-order chi connectivity index (χ0) is 23.0. The number of hydrogen-bond acceptors (Lipinski definition) is 3. The van der Waals surface area contributed by atoms with Crippen LogP contribution in [0.25, 0.3) is 0 Å². The molecule has 1 aliphatic heterocycles. The predicted octanol–water partition coefficient (Wildman–Crippen LogP) is 6.55. The molecule has 5 heteroatoms. The number of nitrogens with zero attached hydrogens (tertiary/aromatic N) is 1. The Balaban J connectivity index is 1.34. The summed E-state index contributed by atoms with van der Waals surface area (Å²) in [5, 5.41) is 0. The van der Waals surface area contributed by atoms with Gasteiger partial charge in [0.15, 0.2) is 11.5 Å². The van der Waals surface area contributed by atoms with Crippen LogP contribution in [0, 0.1) is 11.6 Å². The Morgan fingerprint density at radius 1 is 0.848 bits per heavy atom. The highest BCUT2D eigenvalue weighted by Gasteiger charge is 2.18. The van der Waals surface area contributed by atoms with Crippen molar-refractivity contribution in [2.45, 2.75) is 25.2 Å². The Morgan fingerprint density at radius 2 is 1.45 bits per heavy atom. The predicted molar refractivity (Wildman–Crippen MR) is 127 cm³/mol. The van der Waals surface area contributed by atoms with Crippen molar-refractivity contribution in [3.05, 3.63) is 107 Å². The minimum absolute atomic E-state index is 0.107. The molecule has 0 spiro atoms. The van der Waals surface area contributed by atoms with Gasteiger partial charge in [0.2, 0.25) is 0 Å². The van der Waals surface area contributed by atoms with E-state index < -0.39 is 0 Å². The van der Waals surface area contributed by atoms with E-state index in [1.54, 1.807) is 7.11 Å². The summed E-state index contributed by atoms with van der Waals surface area (Å²) in [4.78, 5) is 2.40. The van der Waals surface area contributed by atoms with Crippen LogP contribution in [-0.2, 0) is 0 Å². The molecule has 0 unspecified atom stereocenters. The summed E-state index contributed by atoms with van der Waals surface area (Å²) in [6.45, 7) is 2.72. The van der Waals surface area contributed by atoms with Crippen molar-refractivity contribution >= 4 is 0 Å². The standard InChI is InChI=1S/C28H29F2NO2/c1-32-27-6-2-3-7-28(27)33-25-16-19-31(20-17-25)18-4-5-26(21-8-12-23(29)13-9-21)22-10-14-24(30)15-11-22/h2-3,6-16,26H,4-5,17-20H2,1H3. The zero-order valence-electron chi connectivity index (χ0n) is 18.8. The van der Waals surface area contributed by atoms with Gasteiger partial charge in [0, 0.05) is 25.4 Å². The van der Waals surface area contributed by atoms with Crippen molar-refractivity contribution in [2.24, 2.45) is 0 Å². The summed E-state index contributed by atoms with van der Waals surface area (Å²) in [7, 11) is 1.64. The van der Waals surface area contributed by atoms with Crippen LogP contribution in [0.15, 0.2) is 84.6 Å². The molecule has 0 N–H and O–H groups in total. The number of hydrogen-bond donors (Lipinski definition) is 0. The van der Waals surface area contributed by atoms with Crippen LogP contribution in [-0.4, -0.2) is 31.6 Å². The molecule has 3 aromatic carbocycles. The maximum atomic E-state index is 13.4. The summed E-state index contributed by atoms with van der Waals surface area (Å²) in [5.41, 5.74) is 2.10. The first-order valence-corrected chi connectivity index (χ1v) is 11.4. The van der Waals surface area contributed by atoms with Gasteiger partial charge in [-0.1, -0.05) is 36.4 Å². The lowest BCUT2D eigenvalue weighted by molar-refractivity contribution is 0.252. The average molecular weight is 450 g/mol. The van der Waals surface area contributed by atoms with Gasteiger partial charge in [0.05, 0.1) is 7.11 Å². The van der Waals surface area contributed by atoms with Gasteiger partial charge < -0.3 is 9.47 Å². The number of ether oxygens (including phenoxy) is 2. The largest absolute Gasteiger partial charge is 0.493 e.